The smallest absolute Gasteiger partial charge is 0.420 e. The standard InChI is InChI=1S/C29H36F3NO3/c1-17-6-10-24(11-7-17)36-26-13-9-20-14-19(8-12-25(20)27(26)29(30,31)32)18(2)33-22-4-3-5-23(33)16-21(15-22)28(34)35/h8-9,12-14,17-18,21-24H,3-7,10-11,15-16H2,1-2H3,(H,34,35)/t17?,18-,21?,22?,23?,24?/m0/s1. The number of benzene rings is 2. The first-order chi connectivity index (χ1) is 17.1. The van der Waals surface area contributed by atoms with Gasteiger partial charge in [-0.1, -0.05) is 31.5 Å². The fraction of sp³-hybridized carbons (Fsp3) is 0.621. The molecule has 3 fully saturated rings. The van der Waals surface area contributed by atoms with Crippen molar-refractivity contribution in [2.24, 2.45) is 11.8 Å². The van der Waals surface area contributed by atoms with E-state index in [2.05, 4.69) is 18.7 Å². The lowest BCUT2D eigenvalue weighted by molar-refractivity contribution is -0.147. The Morgan fingerprint density at radius 3 is 2.31 bits per heavy atom. The number of carboxylic acid groups (broad SMARTS) is 1. The zero-order valence-corrected chi connectivity index (χ0v) is 21.1. The number of carboxylic acids is 1. The van der Waals surface area contributed by atoms with Crippen LogP contribution in [0.5, 0.6) is 5.75 Å². The molecule has 0 aromatic heterocycles. The summed E-state index contributed by atoms with van der Waals surface area (Å²) in [5.74, 6) is -0.495. The number of hydrogen-bond donors (Lipinski definition) is 1. The van der Waals surface area contributed by atoms with Gasteiger partial charge in [-0.3, -0.25) is 9.69 Å². The Bertz CT molecular complexity index is 1090. The molecule has 1 N–H and O–H groups in total. The molecule has 7 heteroatoms. The van der Waals surface area contributed by atoms with Gasteiger partial charge in [-0.15, -0.1) is 0 Å². The van der Waals surface area contributed by atoms with Crippen molar-refractivity contribution in [1.29, 1.82) is 0 Å². The van der Waals surface area contributed by atoms with Crippen LogP contribution >= 0.6 is 0 Å². The molecule has 1 aliphatic carbocycles. The van der Waals surface area contributed by atoms with Crippen LogP contribution in [0.25, 0.3) is 10.8 Å². The third kappa shape index (κ3) is 4.96. The van der Waals surface area contributed by atoms with E-state index in [1.54, 1.807) is 12.1 Å². The number of alkyl halides is 3. The van der Waals surface area contributed by atoms with Gasteiger partial charge in [-0.05, 0) is 92.7 Å². The van der Waals surface area contributed by atoms with E-state index in [0.717, 1.165) is 50.5 Å². The molecule has 2 unspecified atom stereocenters. The van der Waals surface area contributed by atoms with Gasteiger partial charge in [0.2, 0.25) is 0 Å². The second kappa shape index (κ2) is 9.88. The van der Waals surface area contributed by atoms with Gasteiger partial charge in [-0.2, -0.15) is 13.2 Å². The number of hydrogen-bond acceptors (Lipinski definition) is 3. The minimum atomic E-state index is -4.51. The zero-order valence-electron chi connectivity index (χ0n) is 21.1. The highest BCUT2D eigenvalue weighted by Crippen LogP contribution is 2.45. The van der Waals surface area contributed by atoms with Crippen molar-refractivity contribution < 1.29 is 27.8 Å². The van der Waals surface area contributed by atoms with Crippen molar-refractivity contribution in [3.63, 3.8) is 0 Å². The molecular weight excluding hydrogens is 467 g/mol. The lowest BCUT2D eigenvalue weighted by Gasteiger charge is -2.51. The van der Waals surface area contributed by atoms with Gasteiger partial charge in [0.15, 0.2) is 0 Å². The van der Waals surface area contributed by atoms with E-state index >= 15 is 0 Å². The van der Waals surface area contributed by atoms with Crippen LogP contribution in [0, 0.1) is 11.8 Å². The molecule has 2 aliphatic heterocycles. The Labute approximate surface area is 210 Å². The first-order valence-corrected chi connectivity index (χ1v) is 13.4. The molecule has 2 bridgehead atoms. The lowest BCUT2D eigenvalue weighted by atomic mass is 9.77. The minimum Gasteiger partial charge on any atom is -0.490 e. The normalized spacial score (nSPS) is 30.2. The Hall–Kier alpha value is -2.28. The molecule has 4 nitrogen and oxygen atoms in total. The quantitative estimate of drug-likeness (QED) is 0.457. The van der Waals surface area contributed by atoms with Crippen molar-refractivity contribution in [3.8, 4) is 5.75 Å². The number of rotatable bonds is 5. The van der Waals surface area contributed by atoms with Gasteiger partial charge in [0.1, 0.15) is 11.3 Å². The Morgan fingerprint density at radius 1 is 1.03 bits per heavy atom. The van der Waals surface area contributed by atoms with Crippen LogP contribution in [-0.2, 0) is 11.0 Å². The van der Waals surface area contributed by atoms with Crippen LogP contribution in [0.15, 0.2) is 30.3 Å². The third-order valence-corrected chi connectivity index (χ3v) is 8.86. The van der Waals surface area contributed by atoms with Crippen LogP contribution in [0.3, 0.4) is 0 Å². The average molecular weight is 504 g/mol. The summed E-state index contributed by atoms with van der Waals surface area (Å²) in [4.78, 5) is 14.1. The predicted molar refractivity (Wildman–Crippen MR) is 133 cm³/mol. The van der Waals surface area contributed by atoms with Gasteiger partial charge in [0.05, 0.1) is 12.0 Å². The first-order valence-electron chi connectivity index (χ1n) is 13.4. The number of piperidine rings is 2. The molecular formula is C29H36F3NO3. The fourth-order valence-corrected chi connectivity index (χ4v) is 6.93. The molecule has 5 rings (SSSR count). The second-order valence-electron chi connectivity index (χ2n) is 11.3. The highest BCUT2D eigenvalue weighted by atomic mass is 19.4. The maximum absolute atomic E-state index is 14.3. The molecule has 2 heterocycles. The largest absolute Gasteiger partial charge is 0.490 e. The molecule has 0 amide bonds. The predicted octanol–water partition coefficient (Wildman–Crippen LogP) is 7.59. The van der Waals surface area contributed by atoms with Crippen LogP contribution < -0.4 is 4.74 Å². The van der Waals surface area contributed by atoms with Crippen LogP contribution in [0.1, 0.15) is 88.8 Å². The summed E-state index contributed by atoms with van der Waals surface area (Å²) in [7, 11) is 0. The molecule has 2 saturated heterocycles. The van der Waals surface area contributed by atoms with E-state index in [0.29, 0.717) is 24.1 Å². The SMILES string of the molecule is CC1CCC(Oc2ccc3cc([C@H](C)N4C5CCCC4CC(C(=O)O)C5)ccc3c2C(F)(F)F)CC1. The highest BCUT2D eigenvalue weighted by molar-refractivity contribution is 5.89. The number of halogens is 3. The van der Waals surface area contributed by atoms with Gasteiger partial charge >= 0.3 is 12.1 Å². The van der Waals surface area contributed by atoms with E-state index in [4.69, 9.17) is 4.74 Å². The molecule has 196 valence electrons. The topological polar surface area (TPSA) is 49.8 Å². The average Bonchev–Trinajstić information content (AvgIpc) is 2.83. The summed E-state index contributed by atoms with van der Waals surface area (Å²) in [5, 5.41) is 10.3. The molecule has 1 saturated carbocycles. The summed E-state index contributed by atoms with van der Waals surface area (Å²) < 4.78 is 48.7. The number of nitrogens with zero attached hydrogens (tertiary/aromatic N) is 1. The maximum atomic E-state index is 14.3. The fourth-order valence-electron chi connectivity index (χ4n) is 6.93. The summed E-state index contributed by atoms with van der Waals surface area (Å²) in [6, 6.07) is 8.93. The van der Waals surface area contributed by atoms with Gasteiger partial charge in [0.25, 0.3) is 0 Å². The van der Waals surface area contributed by atoms with Crippen molar-refractivity contribution >= 4 is 16.7 Å². The molecule has 2 aromatic rings. The lowest BCUT2D eigenvalue weighted by Crippen LogP contribution is -2.53. The third-order valence-electron chi connectivity index (χ3n) is 8.86. The number of aliphatic carboxylic acids is 1. The summed E-state index contributed by atoms with van der Waals surface area (Å²) >= 11 is 0. The van der Waals surface area contributed by atoms with E-state index in [-0.39, 0.29) is 41.3 Å². The van der Waals surface area contributed by atoms with Crippen molar-refractivity contribution in [3.05, 3.63) is 41.5 Å². The maximum Gasteiger partial charge on any atom is 0.420 e. The monoisotopic (exact) mass is 503 g/mol. The molecule has 0 spiro atoms. The van der Waals surface area contributed by atoms with Gasteiger partial charge < -0.3 is 9.84 Å². The van der Waals surface area contributed by atoms with E-state index < -0.39 is 17.7 Å². The van der Waals surface area contributed by atoms with E-state index in [1.807, 2.05) is 12.1 Å². The van der Waals surface area contributed by atoms with Crippen molar-refractivity contribution in [1.82, 2.24) is 4.90 Å². The summed E-state index contributed by atoms with van der Waals surface area (Å²) in [5.41, 5.74) is 0.285. The van der Waals surface area contributed by atoms with E-state index in [9.17, 15) is 23.1 Å². The minimum absolute atomic E-state index is 0.00827. The van der Waals surface area contributed by atoms with Crippen LogP contribution in [0.2, 0.25) is 0 Å². The highest BCUT2D eigenvalue weighted by Gasteiger charge is 2.43. The molecule has 2 aromatic carbocycles. The molecule has 36 heavy (non-hydrogen) atoms. The Kier molecular flexibility index (Phi) is 6.96. The Balaban J connectivity index is 1.44. The Morgan fingerprint density at radius 2 is 1.69 bits per heavy atom. The number of carbonyl (C=O) groups is 1. The second-order valence-corrected chi connectivity index (χ2v) is 11.3. The van der Waals surface area contributed by atoms with Gasteiger partial charge in [0, 0.05) is 18.1 Å². The van der Waals surface area contributed by atoms with Crippen molar-refractivity contribution in [2.45, 2.75) is 102 Å². The van der Waals surface area contributed by atoms with E-state index in [1.165, 1.54) is 6.07 Å². The number of ether oxygens (including phenoxy) is 1. The summed E-state index contributed by atoms with van der Waals surface area (Å²) in [6.07, 6.45) is 3.16. The van der Waals surface area contributed by atoms with Gasteiger partial charge in [-0.25, -0.2) is 0 Å². The summed E-state index contributed by atoms with van der Waals surface area (Å²) in [6.45, 7) is 4.27. The molecule has 3 atom stereocenters. The zero-order chi connectivity index (χ0) is 25.6. The van der Waals surface area contributed by atoms with Crippen LogP contribution in [0.4, 0.5) is 13.2 Å². The van der Waals surface area contributed by atoms with Crippen molar-refractivity contribution in [2.75, 3.05) is 0 Å². The number of fused-ring (bicyclic) bond motifs is 3. The first kappa shape index (κ1) is 25.4. The van der Waals surface area contributed by atoms with Crippen LogP contribution in [-0.4, -0.2) is 34.2 Å². The molecule has 0 radical (unpaired) electrons. The molecule has 3 aliphatic rings.